The first-order valence-electron chi connectivity index (χ1n) is 6.34. The van der Waals surface area contributed by atoms with Crippen LogP contribution in [-0.2, 0) is 0 Å². The second-order valence-corrected chi connectivity index (χ2v) is 5.04. The van der Waals surface area contributed by atoms with Crippen LogP contribution in [0.4, 0.5) is 11.6 Å². The second kappa shape index (κ2) is 6.40. The number of hydrogen-bond donors (Lipinski definition) is 2. The molecule has 0 bridgehead atoms. The average Bonchev–Trinajstić information content (AvgIpc) is 2.90. The SMILES string of the molecule is CCNc1cccc(NC(CC)c2cccs2)n1. The highest BCUT2D eigenvalue weighted by atomic mass is 32.1. The van der Waals surface area contributed by atoms with Crippen molar-refractivity contribution in [3.8, 4) is 0 Å². The summed E-state index contributed by atoms with van der Waals surface area (Å²) >= 11 is 1.78. The van der Waals surface area contributed by atoms with Crippen LogP contribution in [0.5, 0.6) is 0 Å². The van der Waals surface area contributed by atoms with Crippen molar-refractivity contribution in [1.29, 1.82) is 0 Å². The van der Waals surface area contributed by atoms with E-state index in [2.05, 4.69) is 47.0 Å². The molecule has 3 nitrogen and oxygen atoms in total. The molecule has 2 aromatic heterocycles. The molecule has 1 atom stereocenters. The maximum Gasteiger partial charge on any atom is 0.128 e. The molecule has 2 N–H and O–H groups in total. The van der Waals surface area contributed by atoms with Crippen LogP contribution in [0.2, 0.25) is 0 Å². The van der Waals surface area contributed by atoms with Crippen molar-refractivity contribution in [2.24, 2.45) is 0 Å². The summed E-state index contributed by atoms with van der Waals surface area (Å²) in [5.41, 5.74) is 0. The number of nitrogens with one attached hydrogen (secondary N) is 2. The first-order chi connectivity index (χ1) is 8.83. The number of anilines is 2. The zero-order chi connectivity index (χ0) is 12.8. The lowest BCUT2D eigenvalue weighted by Gasteiger charge is -2.16. The lowest BCUT2D eigenvalue weighted by Crippen LogP contribution is -2.10. The fourth-order valence-electron chi connectivity index (χ4n) is 1.84. The van der Waals surface area contributed by atoms with Crippen LogP contribution in [0.15, 0.2) is 35.7 Å². The van der Waals surface area contributed by atoms with Crippen molar-refractivity contribution >= 4 is 23.0 Å². The van der Waals surface area contributed by atoms with Crippen molar-refractivity contribution < 1.29 is 0 Å². The Hall–Kier alpha value is -1.55. The fourth-order valence-corrected chi connectivity index (χ4v) is 2.70. The molecule has 0 aliphatic rings. The van der Waals surface area contributed by atoms with Gasteiger partial charge in [0.2, 0.25) is 0 Å². The molecule has 1 unspecified atom stereocenters. The molecule has 0 aliphatic heterocycles. The number of pyridine rings is 1. The molecule has 0 amide bonds. The summed E-state index contributed by atoms with van der Waals surface area (Å²) in [6, 6.07) is 10.6. The third-order valence-corrected chi connectivity index (χ3v) is 3.71. The smallest absolute Gasteiger partial charge is 0.128 e. The van der Waals surface area contributed by atoms with E-state index in [0.29, 0.717) is 6.04 Å². The van der Waals surface area contributed by atoms with Gasteiger partial charge in [-0.15, -0.1) is 11.3 Å². The topological polar surface area (TPSA) is 37.0 Å². The van der Waals surface area contributed by atoms with Crippen LogP contribution < -0.4 is 10.6 Å². The van der Waals surface area contributed by atoms with Gasteiger partial charge in [-0.1, -0.05) is 19.1 Å². The van der Waals surface area contributed by atoms with E-state index < -0.39 is 0 Å². The highest BCUT2D eigenvalue weighted by Crippen LogP contribution is 2.25. The molecule has 0 saturated carbocycles. The van der Waals surface area contributed by atoms with E-state index in [0.717, 1.165) is 24.6 Å². The Labute approximate surface area is 112 Å². The summed E-state index contributed by atoms with van der Waals surface area (Å²) < 4.78 is 0. The summed E-state index contributed by atoms with van der Waals surface area (Å²) in [6.45, 7) is 5.15. The minimum atomic E-state index is 0.342. The molecule has 0 aliphatic carbocycles. The molecule has 4 heteroatoms. The number of thiophene rings is 1. The number of aromatic nitrogens is 1. The molecular weight excluding hydrogens is 242 g/mol. The Kier molecular flexibility index (Phi) is 4.59. The average molecular weight is 261 g/mol. The number of rotatable bonds is 6. The summed E-state index contributed by atoms with van der Waals surface area (Å²) in [5, 5.41) is 8.83. The van der Waals surface area contributed by atoms with Gasteiger partial charge in [-0.2, -0.15) is 0 Å². The van der Waals surface area contributed by atoms with Crippen molar-refractivity contribution in [3.05, 3.63) is 40.6 Å². The van der Waals surface area contributed by atoms with Crippen molar-refractivity contribution in [2.75, 3.05) is 17.2 Å². The lowest BCUT2D eigenvalue weighted by atomic mass is 10.2. The van der Waals surface area contributed by atoms with E-state index in [1.165, 1.54) is 4.88 Å². The van der Waals surface area contributed by atoms with E-state index in [-0.39, 0.29) is 0 Å². The van der Waals surface area contributed by atoms with Gasteiger partial charge in [0.25, 0.3) is 0 Å². The minimum Gasteiger partial charge on any atom is -0.370 e. The van der Waals surface area contributed by atoms with Crippen LogP contribution in [0.25, 0.3) is 0 Å². The van der Waals surface area contributed by atoms with Gasteiger partial charge in [0.1, 0.15) is 11.6 Å². The Morgan fingerprint density at radius 1 is 1.17 bits per heavy atom. The van der Waals surface area contributed by atoms with Gasteiger partial charge >= 0.3 is 0 Å². The third kappa shape index (κ3) is 3.23. The zero-order valence-corrected chi connectivity index (χ0v) is 11.6. The summed E-state index contributed by atoms with van der Waals surface area (Å²) in [4.78, 5) is 5.90. The Bertz CT molecular complexity index is 468. The van der Waals surface area contributed by atoms with E-state index in [4.69, 9.17) is 0 Å². The quantitative estimate of drug-likeness (QED) is 0.820. The maximum absolute atomic E-state index is 4.54. The molecule has 0 fully saturated rings. The molecule has 0 spiro atoms. The van der Waals surface area contributed by atoms with E-state index >= 15 is 0 Å². The Morgan fingerprint density at radius 2 is 2.00 bits per heavy atom. The molecule has 2 rings (SSSR count). The first-order valence-corrected chi connectivity index (χ1v) is 7.22. The fraction of sp³-hybridized carbons (Fsp3) is 0.357. The van der Waals surface area contributed by atoms with Gasteiger partial charge in [-0.05, 0) is 36.9 Å². The molecule has 2 aromatic rings. The summed E-state index contributed by atoms with van der Waals surface area (Å²) in [5.74, 6) is 1.84. The standard InChI is InChI=1S/C14H19N3S/c1-3-11(12-7-6-10-18-12)16-14-9-5-8-13(17-14)15-4-2/h5-11H,3-4H2,1-2H3,(H2,15,16,17). The van der Waals surface area contributed by atoms with E-state index in [1.807, 2.05) is 18.2 Å². The van der Waals surface area contributed by atoms with Crippen LogP contribution >= 0.6 is 11.3 Å². The minimum absolute atomic E-state index is 0.342. The van der Waals surface area contributed by atoms with Gasteiger partial charge < -0.3 is 10.6 Å². The maximum atomic E-state index is 4.54. The van der Waals surface area contributed by atoms with Gasteiger partial charge in [0.15, 0.2) is 0 Å². The Morgan fingerprint density at radius 3 is 2.67 bits per heavy atom. The van der Waals surface area contributed by atoms with Crippen molar-refractivity contribution in [3.63, 3.8) is 0 Å². The highest BCUT2D eigenvalue weighted by Gasteiger charge is 2.10. The molecular formula is C14H19N3S. The largest absolute Gasteiger partial charge is 0.370 e. The normalized spacial score (nSPS) is 12.1. The highest BCUT2D eigenvalue weighted by molar-refractivity contribution is 7.10. The molecule has 0 radical (unpaired) electrons. The van der Waals surface area contributed by atoms with E-state index in [9.17, 15) is 0 Å². The van der Waals surface area contributed by atoms with Crippen molar-refractivity contribution in [1.82, 2.24) is 4.98 Å². The monoisotopic (exact) mass is 261 g/mol. The van der Waals surface area contributed by atoms with E-state index in [1.54, 1.807) is 11.3 Å². The van der Waals surface area contributed by atoms with Crippen LogP contribution in [-0.4, -0.2) is 11.5 Å². The Balaban J connectivity index is 2.09. The molecule has 0 aromatic carbocycles. The molecule has 2 heterocycles. The van der Waals surface area contributed by atoms with Crippen LogP contribution in [0, 0.1) is 0 Å². The zero-order valence-electron chi connectivity index (χ0n) is 10.8. The third-order valence-electron chi connectivity index (χ3n) is 2.72. The molecule has 0 saturated heterocycles. The van der Waals surface area contributed by atoms with Gasteiger partial charge in [-0.25, -0.2) is 4.98 Å². The predicted octanol–water partition coefficient (Wildman–Crippen LogP) is 4.14. The van der Waals surface area contributed by atoms with Crippen LogP contribution in [0.3, 0.4) is 0 Å². The van der Waals surface area contributed by atoms with Gasteiger partial charge in [0.05, 0.1) is 6.04 Å². The van der Waals surface area contributed by atoms with Gasteiger partial charge in [-0.3, -0.25) is 0 Å². The predicted molar refractivity (Wildman–Crippen MR) is 79.4 cm³/mol. The van der Waals surface area contributed by atoms with Crippen LogP contribution in [0.1, 0.15) is 31.2 Å². The molecule has 18 heavy (non-hydrogen) atoms. The second-order valence-electron chi connectivity index (χ2n) is 4.06. The lowest BCUT2D eigenvalue weighted by molar-refractivity contribution is 0.759. The van der Waals surface area contributed by atoms with Crippen molar-refractivity contribution in [2.45, 2.75) is 26.3 Å². The summed E-state index contributed by atoms with van der Waals surface area (Å²) in [6.07, 6.45) is 1.05. The number of hydrogen-bond acceptors (Lipinski definition) is 4. The number of nitrogens with zero attached hydrogens (tertiary/aromatic N) is 1. The first kappa shape index (κ1) is 12.9. The summed E-state index contributed by atoms with van der Waals surface area (Å²) in [7, 11) is 0. The molecule has 96 valence electrons. The van der Waals surface area contributed by atoms with Gasteiger partial charge in [0, 0.05) is 11.4 Å².